The van der Waals surface area contributed by atoms with Gasteiger partial charge in [0.2, 0.25) is 5.91 Å². The van der Waals surface area contributed by atoms with E-state index in [0.717, 1.165) is 6.42 Å². The smallest absolute Gasteiger partial charge is 0.305 e. The van der Waals surface area contributed by atoms with Crippen LogP contribution in [0.2, 0.25) is 0 Å². The maximum Gasteiger partial charge on any atom is 0.305 e. The zero-order chi connectivity index (χ0) is 25.7. The number of hydrogen-bond donors (Lipinski definition) is 3. The molecule has 1 aromatic carbocycles. The molecule has 36 heavy (non-hydrogen) atoms. The number of aromatic nitrogens is 1. The van der Waals surface area contributed by atoms with E-state index in [4.69, 9.17) is 4.42 Å². The molecule has 0 spiro atoms. The summed E-state index contributed by atoms with van der Waals surface area (Å²) in [7, 11) is 0. The molecule has 3 aromatic rings. The number of nitrogens with one attached hydrogen (secondary N) is 3. The lowest BCUT2D eigenvalue weighted by molar-refractivity contribution is -0.384. The topological polar surface area (TPSA) is 169 Å². The normalized spacial score (nSPS) is 13.5. The van der Waals surface area contributed by atoms with Crippen molar-refractivity contribution in [3.8, 4) is 0 Å². The van der Waals surface area contributed by atoms with Gasteiger partial charge < -0.3 is 4.42 Å². The van der Waals surface area contributed by atoms with Crippen LogP contribution in [0.25, 0.3) is 0 Å². The van der Waals surface area contributed by atoms with Crippen LogP contribution in [0.4, 0.5) is 5.69 Å². The molecule has 0 radical (unpaired) electrons. The first-order valence-corrected chi connectivity index (χ1v) is 11.1. The van der Waals surface area contributed by atoms with Crippen LogP contribution in [0.15, 0.2) is 58.3 Å². The SMILES string of the molecule is Cc1c(C(=O)NNC(=O)c2ccncc2)oc2c1/C(=N/NC(=O)Cc1ccc([N+](=O)[O-])cc1)CCC2. The molecule has 1 aliphatic carbocycles. The lowest BCUT2D eigenvalue weighted by Crippen LogP contribution is -2.41. The van der Waals surface area contributed by atoms with Crippen LogP contribution < -0.4 is 16.3 Å². The highest BCUT2D eigenvalue weighted by atomic mass is 16.6. The number of fused-ring (bicyclic) bond motifs is 1. The highest BCUT2D eigenvalue weighted by molar-refractivity contribution is 6.07. The Balaban J connectivity index is 1.42. The fraction of sp³-hybridized carbons (Fsp3) is 0.208. The summed E-state index contributed by atoms with van der Waals surface area (Å²) in [5, 5.41) is 15.0. The number of hydrazone groups is 1. The van der Waals surface area contributed by atoms with E-state index in [9.17, 15) is 24.5 Å². The number of carbonyl (C=O) groups is 3. The Kier molecular flexibility index (Phi) is 7.14. The van der Waals surface area contributed by atoms with E-state index in [-0.39, 0.29) is 23.8 Å². The molecule has 0 unspecified atom stereocenters. The molecule has 4 rings (SSSR count). The zero-order valence-corrected chi connectivity index (χ0v) is 19.2. The molecule has 0 aliphatic heterocycles. The quantitative estimate of drug-likeness (QED) is 0.352. The number of nitro benzene ring substituents is 1. The Morgan fingerprint density at radius 2 is 1.75 bits per heavy atom. The van der Waals surface area contributed by atoms with Crippen LogP contribution in [-0.4, -0.2) is 33.3 Å². The first kappa shape index (κ1) is 24.3. The second-order valence-electron chi connectivity index (χ2n) is 8.05. The Labute approximate surface area is 204 Å². The number of aryl methyl sites for hydroxylation is 1. The predicted molar refractivity (Wildman–Crippen MR) is 127 cm³/mol. The molecule has 2 aromatic heterocycles. The molecule has 12 heteroatoms. The van der Waals surface area contributed by atoms with E-state index in [2.05, 4.69) is 26.4 Å². The van der Waals surface area contributed by atoms with Crippen molar-refractivity contribution in [1.29, 1.82) is 0 Å². The van der Waals surface area contributed by atoms with Gasteiger partial charge in [0.05, 0.1) is 17.1 Å². The van der Waals surface area contributed by atoms with Gasteiger partial charge in [0.25, 0.3) is 11.6 Å². The van der Waals surface area contributed by atoms with Crippen molar-refractivity contribution in [3.63, 3.8) is 0 Å². The largest absolute Gasteiger partial charge is 0.455 e. The molecule has 12 nitrogen and oxygen atoms in total. The third kappa shape index (κ3) is 5.43. The van der Waals surface area contributed by atoms with E-state index in [1.165, 1.54) is 48.8 Å². The molecule has 2 heterocycles. The Hall–Kier alpha value is -4.87. The highest BCUT2D eigenvalue weighted by Crippen LogP contribution is 2.29. The maximum atomic E-state index is 12.7. The number of nitrogens with zero attached hydrogens (tertiary/aromatic N) is 3. The molecule has 3 amide bonds. The second kappa shape index (κ2) is 10.6. The number of carbonyl (C=O) groups excluding carboxylic acids is 3. The summed E-state index contributed by atoms with van der Waals surface area (Å²) in [5.41, 5.74) is 9.86. The van der Waals surface area contributed by atoms with Gasteiger partial charge in [-0.2, -0.15) is 5.10 Å². The first-order chi connectivity index (χ1) is 17.3. The number of amides is 3. The van der Waals surface area contributed by atoms with E-state index in [0.29, 0.717) is 46.6 Å². The minimum atomic E-state index is -0.620. The molecular weight excluding hydrogens is 468 g/mol. The number of nitro groups is 1. The van der Waals surface area contributed by atoms with Gasteiger partial charge in [0, 0.05) is 47.6 Å². The van der Waals surface area contributed by atoms with E-state index < -0.39 is 16.7 Å². The van der Waals surface area contributed by atoms with Crippen molar-refractivity contribution in [1.82, 2.24) is 21.3 Å². The van der Waals surface area contributed by atoms with Crippen LogP contribution in [0.5, 0.6) is 0 Å². The van der Waals surface area contributed by atoms with Gasteiger partial charge in [-0.3, -0.25) is 40.3 Å². The van der Waals surface area contributed by atoms with Crippen LogP contribution in [0, 0.1) is 17.0 Å². The summed E-state index contributed by atoms with van der Waals surface area (Å²) < 4.78 is 5.78. The molecule has 0 bridgehead atoms. The molecule has 3 N–H and O–H groups in total. The third-order valence-corrected chi connectivity index (χ3v) is 5.59. The third-order valence-electron chi connectivity index (χ3n) is 5.59. The van der Waals surface area contributed by atoms with Gasteiger partial charge in [-0.15, -0.1) is 0 Å². The van der Waals surface area contributed by atoms with Crippen LogP contribution in [0.3, 0.4) is 0 Å². The van der Waals surface area contributed by atoms with Gasteiger partial charge >= 0.3 is 5.91 Å². The average molecular weight is 490 g/mol. The zero-order valence-electron chi connectivity index (χ0n) is 19.2. The lowest BCUT2D eigenvalue weighted by atomic mass is 9.93. The van der Waals surface area contributed by atoms with Gasteiger partial charge in [0.1, 0.15) is 5.76 Å². The number of rotatable bonds is 6. The van der Waals surface area contributed by atoms with Crippen molar-refractivity contribution in [2.45, 2.75) is 32.6 Å². The van der Waals surface area contributed by atoms with Crippen LogP contribution in [0.1, 0.15) is 56.2 Å². The molecule has 184 valence electrons. The number of hydrazine groups is 1. The molecule has 1 aliphatic rings. The first-order valence-electron chi connectivity index (χ1n) is 11.1. The van der Waals surface area contributed by atoms with Gasteiger partial charge in [-0.05, 0) is 37.5 Å². The van der Waals surface area contributed by atoms with Crippen molar-refractivity contribution in [3.05, 3.63) is 92.7 Å². The van der Waals surface area contributed by atoms with Crippen molar-refractivity contribution < 1.29 is 23.7 Å². The predicted octanol–water partition coefficient (Wildman–Crippen LogP) is 2.37. The number of benzene rings is 1. The van der Waals surface area contributed by atoms with Crippen molar-refractivity contribution >= 4 is 29.1 Å². The summed E-state index contributed by atoms with van der Waals surface area (Å²) in [6, 6.07) is 8.73. The minimum absolute atomic E-state index is 0.00314. The Bertz CT molecular complexity index is 1350. The van der Waals surface area contributed by atoms with Gasteiger partial charge in [0.15, 0.2) is 5.76 Å². The standard InChI is InChI=1S/C24H22N6O6/c1-14-21-18(26-27-20(31)13-15-5-7-17(8-6-15)30(34)35)3-2-4-19(21)36-22(14)24(33)29-28-23(32)16-9-11-25-12-10-16/h5-12H,2-4,13H2,1H3,(H,27,31)(H,28,32)(H,29,33)/b26-18+. The van der Waals surface area contributed by atoms with Crippen molar-refractivity contribution in [2.24, 2.45) is 5.10 Å². The minimum Gasteiger partial charge on any atom is -0.455 e. The van der Waals surface area contributed by atoms with Crippen molar-refractivity contribution in [2.75, 3.05) is 0 Å². The van der Waals surface area contributed by atoms with Crippen LogP contribution >= 0.6 is 0 Å². The number of pyridine rings is 1. The molecule has 0 saturated heterocycles. The number of hydrogen-bond acceptors (Lipinski definition) is 8. The summed E-state index contributed by atoms with van der Waals surface area (Å²) in [4.78, 5) is 51.3. The number of non-ortho nitro benzene ring substituents is 1. The Morgan fingerprint density at radius 3 is 2.44 bits per heavy atom. The average Bonchev–Trinajstić information content (AvgIpc) is 3.23. The summed E-state index contributed by atoms with van der Waals surface area (Å²) in [5.74, 6) is -0.889. The maximum absolute atomic E-state index is 12.7. The summed E-state index contributed by atoms with van der Waals surface area (Å²) in [6.45, 7) is 1.71. The fourth-order valence-corrected chi connectivity index (χ4v) is 3.83. The highest BCUT2D eigenvalue weighted by Gasteiger charge is 2.28. The number of furan rings is 1. The van der Waals surface area contributed by atoms with E-state index in [1.807, 2.05) is 0 Å². The molecule has 0 atom stereocenters. The monoisotopic (exact) mass is 490 g/mol. The summed E-state index contributed by atoms with van der Waals surface area (Å²) in [6.07, 6.45) is 4.82. The molecular formula is C24H22N6O6. The second-order valence-corrected chi connectivity index (χ2v) is 8.05. The fourth-order valence-electron chi connectivity index (χ4n) is 3.83. The van der Waals surface area contributed by atoms with Crippen LogP contribution in [-0.2, 0) is 17.6 Å². The summed E-state index contributed by atoms with van der Waals surface area (Å²) >= 11 is 0. The van der Waals surface area contributed by atoms with Gasteiger partial charge in [-0.1, -0.05) is 12.1 Å². The van der Waals surface area contributed by atoms with E-state index >= 15 is 0 Å². The molecule has 0 saturated carbocycles. The lowest BCUT2D eigenvalue weighted by Gasteiger charge is -2.13. The molecule has 0 fully saturated rings. The van der Waals surface area contributed by atoms with E-state index in [1.54, 1.807) is 6.92 Å². The van der Waals surface area contributed by atoms with Gasteiger partial charge in [-0.25, -0.2) is 5.43 Å². The Morgan fingerprint density at radius 1 is 1.06 bits per heavy atom.